The lowest BCUT2D eigenvalue weighted by atomic mass is 9.96. The predicted octanol–water partition coefficient (Wildman–Crippen LogP) is 3.77. The van der Waals surface area contributed by atoms with E-state index in [0.717, 1.165) is 34.3 Å². The standard InChI is InChI=1S/C17H23ClN2O/c1-3-12(4-2)16(21)11-19-10-13-7-8-15(18)14-6-5-9-20-17(13)14/h5-9,12,16,19,21H,3-4,10-11H2,1-2H3. The van der Waals surface area contributed by atoms with Gasteiger partial charge in [0, 0.05) is 29.7 Å². The van der Waals surface area contributed by atoms with E-state index in [0.29, 0.717) is 19.0 Å². The summed E-state index contributed by atoms with van der Waals surface area (Å²) in [4.78, 5) is 4.42. The van der Waals surface area contributed by atoms with E-state index in [1.165, 1.54) is 0 Å². The second-order valence-electron chi connectivity index (χ2n) is 5.38. The normalized spacial score (nSPS) is 13.0. The molecule has 0 aliphatic carbocycles. The molecule has 2 aromatic rings. The number of aliphatic hydroxyl groups excluding tert-OH is 1. The number of hydrogen-bond donors (Lipinski definition) is 2. The van der Waals surface area contributed by atoms with Gasteiger partial charge in [0.05, 0.1) is 11.6 Å². The average Bonchev–Trinajstić information content (AvgIpc) is 2.51. The van der Waals surface area contributed by atoms with Gasteiger partial charge in [0.15, 0.2) is 0 Å². The zero-order valence-corrected chi connectivity index (χ0v) is 13.4. The van der Waals surface area contributed by atoms with Gasteiger partial charge in [0.25, 0.3) is 0 Å². The summed E-state index contributed by atoms with van der Waals surface area (Å²) in [6.45, 7) is 5.52. The first kappa shape index (κ1) is 16.2. The number of nitrogens with zero attached hydrogens (tertiary/aromatic N) is 1. The minimum Gasteiger partial charge on any atom is -0.392 e. The van der Waals surface area contributed by atoms with Gasteiger partial charge in [0.2, 0.25) is 0 Å². The highest BCUT2D eigenvalue weighted by Crippen LogP contribution is 2.24. The average molecular weight is 307 g/mol. The van der Waals surface area contributed by atoms with E-state index >= 15 is 0 Å². The summed E-state index contributed by atoms with van der Waals surface area (Å²) >= 11 is 6.19. The second kappa shape index (κ2) is 7.74. The maximum Gasteiger partial charge on any atom is 0.0761 e. The van der Waals surface area contributed by atoms with E-state index in [-0.39, 0.29) is 6.10 Å². The summed E-state index contributed by atoms with van der Waals surface area (Å²) in [5, 5.41) is 15.2. The molecule has 0 aliphatic rings. The molecule has 1 aromatic heterocycles. The van der Waals surface area contributed by atoms with Crippen molar-refractivity contribution in [1.29, 1.82) is 0 Å². The molecular formula is C17H23ClN2O. The van der Waals surface area contributed by atoms with E-state index in [9.17, 15) is 5.11 Å². The smallest absolute Gasteiger partial charge is 0.0761 e. The third kappa shape index (κ3) is 3.94. The first-order valence-corrected chi connectivity index (χ1v) is 7.96. The van der Waals surface area contributed by atoms with Gasteiger partial charge in [-0.2, -0.15) is 0 Å². The Labute approximate surface area is 131 Å². The van der Waals surface area contributed by atoms with Crippen LogP contribution in [-0.2, 0) is 6.54 Å². The Morgan fingerprint density at radius 2 is 2.00 bits per heavy atom. The van der Waals surface area contributed by atoms with Crippen LogP contribution in [0.4, 0.5) is 0 Å². The summed E-state index contributed by atoms with van der Waals surface area (Å²) in [5.41, 5.74) is 2.03. The van der Waals surface area contributed by atoms with Crippen LogP contribution in [0, 0.1) is 5.92 Å². The van der Waals surface area contributed by atoms with Crippen LogP contribution in [0.15, 0.2) is 30.5 Å². The minimum atomic E-state index is -0.300. The summed E-state index contributed by atoms with van der Waals surface area (Å²) < 4.78 is 0. The Morgan fingerprint density at radius 1 is 1.24 bits per heavy atom. The van der Waals surface area contributed by atoms with Gasteiger partial charge in [-0.15, -0.1) is 0 Å². The lowest BCUT2D eigenvalue weighted by molar-refractivity contribution is 0.101. The summed E-state index contributed by atoms with van der Waals surface area (Å²) in [6, 6.07) is 7.77. The van der Waals surface area contributed by atoms with Crippen LogP contribution in [0.25, 0.3) is 10.9 Å². The molecule has 0 aliphatic heterocycles. The van der Waals surface area contributed by atoms with Gasteiger partial charge in [-0.25, -0.2) is 0 Å². The Hall–Kier alpha value is -1.16. The first-order valence-electron chi connectivity index (χ1n) is 7.58. The van der Waals surface area contributed by atoms with Crippen LogP contribution < -0.4 is 5.32 Å². The van der Waals surface area contributed by atoms with Crippen molar-refractivity contribution in [3.05, 3.63) is 41.0 Å². The molecule has 1 unspecified atom stereocenters. The van der Waals surface area contributed by atoms with Crippen molar-refractivity contribution in [2.75, 3.05) is 6.54 Å². The fourth-order valence-corrected chi connectivity index (χ4v) is 2.91. The topological polar surface area (TPSA) is 45.1 Å². The lowest BCUT2D eigenvalue weighted by Crippen LogP contribution is -2.32. The molecule has 0 amide bonds. The monoisotopic (exact) mass is 306 g/mol. The second-order valence-corrected chi connectivity index (χ2v) is 5.79. The number of benzene rings is 1. The van der Waals surface area contributed by atoms with Gasteiger partial charge in [-0.3, -0.25) is 4.98 Å². The van der Waals surface area contributed by atoms with Crippen molar-refractivity contribution in [3.63, 3.8) is 0 Å². The van der Waals surface area contributed by atoms with Crippen molar-refractivity contribution in [1.82, 2.24) is 10.3 Å². The maximum atomic E-state index is 10.1. The number of nitrogens with one attached hydrogen (secondary N) is 1. The van der Waals surface area contributed by atoms with E-state index < -0.39 is 0 Å². The Kier molecular flexibility index (Phi) is 5.97. The first-order chi connectivity index (χ1) is 10.2. The fourth-order valence-electron chi connectivity index (χ4n) is 2.69. The number of halogens is 1. The molecule has 0 spiro atoms. The van der Waals surface area contributed by atoms with Crippen LogP contribution in [-0.4, -0.2) is 22.7 Å². The minimum absolute atomic E-state index is 0.300. The predicted molar refractivity (Wildman–Crippen MR) is 88.5 cm³/mol. The van der Waals surface area contributed by atoms with Crippen LogP contribution in [0.1, 0.15) is 32.3 Å². The van der Waals surface area contributed by atoms with Crippen molar-refractivity contribution < 1.29 is 5.11 Å². The molecule has 0 radical (unpaired) electrons. The summed E-state index contributed by atoms with van der Waals surface area (Å²) in [6.07, 6.45) is 3.49. The van der Waals surface area contributed by atoms with E-state index in [4.69, 9.17) is 11.6 Å². The molecule has 0 saturated heterocycles. The summed E-state index contributed by atoms with van der Waals surface area (Å²) in [7, 11) is 0. The molecule has 21 heavy (non-hydrogen) atoms. The Balaban J connectivity index is 2.03. The molecule has 0 bridgehead atoms. The SMILES string of the molecule is CCC(CC)C(O)CNCc1ccc(Cl)c2cccnc12. The molecule has 2 N–H and O–H groups in total. The van der Waals surface area contributed by atoms with E-state index in [1.807, 2.05) is 24.3 Å². The van der Waals surface area contributed by atoms with Crippen LogP contribution in [0.2, 0.25) is 5.02 Å². The van der Waals surface area contributed by atoms with Crippen LogP contribution in [0.3, 0.4) is 0 Å². The third-order valence-corrected chi connectivity index (χ3v) is 4.39. The zero-order chi connectivity index (χ0) is 15.2. The van der Waals surface area contributed by atoms with Gasteiger partial charge in [-0.1, -0.05) is 44.4 Å². The quantitative estimate of drug-likeness (QED) is 0.818. The highest BCUT2D eigenvalue weighted by atomic mass is 35.5. The molecule has 4 heteroatoms. The highest BCUT2D eigenvalue weighted by Gasteiger charge is 2.15. The molecule has 3 nitrogen and oxygen atoms in total. The zero-order valence-electron chi connectivity index (χ0n) is 12.6. The van der Waals surface area contributed by atoms with E-state index in [2.05, 4.69) is 24.1 Å². The number of aromatic nitrogens is 1. The molecule has 114 valence electrons. The number of aliphatic hydroxyl groups is 1. The Bertz CT molecular complexity index is 584. The summed E-state index contributed by atoms with van der Waals surface area (Å²) in [5.74, 6) is 0.359. The molecule has 0 fully saturated rings. The number of rotatable bonds is 7. The molecule has 2 rings (SSSR count). The molecule has 1 aromatic carbocycles. The van der Waals surface area contributed by atoms with Crippen molar-refractivity contribution in [3.8, 4) is 0 Å². The molecule has 1 heterocycles. The van der Waals surface area contributed by atoms with Crippen molar-refractivity contribution in [2.24, 2.45) is 5.92 Å². The van der Waals surface area contributed by atoms with Gasteiger partial charge in [0.1, 0.15) is 0 Å². The van der Waals surface area contributed by atoms with E-state index in [1.54, 1.807) is 6.20 Å². The molecule has 0 saturated carbocycles. The largest absolute Gasteiger partial charge is 0.392 e. The maximum absolute atomic E-state index is 10.1. The highest BCUT2D eigenvalue weighted by molar-refractivity contribution is 6.35. The lowest BCUT2D eigenvalue weighted by Gasteiger charge is -2.20. The number of fused-ring (bicyclic) bond motifs is 1. The fraction of sp³-hybridized carbons (Fsp3) is 0.471. The Morgan fingerprint density at radius 3 is 2.71 bits per heavy atom. The van der Waals surface area contributed by atoms with Crippen molar-refractivity contribution in [2.45, 2.75) is 39.3 Å². The van der Waals surface area contributed by atoms with Gasteiger partial charge >= 0.3 is 0 Å². The van der Waals surface area contributed by atoms with Crippen molar-refractivity contribution >= 4 is 22.5 Å². The van der Waals surface area contributed by atoms with Gasteiger partial charge in [-0.05, 0) is 29.7 Å². The number of hydrogen-bond acceptors (Lipinski definition) is 3. The molecule has 1 atom stereocenters. The van der Waals surface area contributed by atoms with Crippen LogP contribution >= 0.6 is 11.6 Å². The van der Waals surface area contributed by atoms with Crippen LogP contribution in [0.5, 0.6) is 0 Å². The molecular weight excluding hydrogens is 284 g/mol. The third-order valence-electron chi connectivity index (χ3n) is 4.06. The number of pyridine rings is 1. The van der Waals surface area contributed by atoms with Gasteiger partial charge < -0.3 is 10.4 Å².